The van der Waals surface area contributed by atoms with Crippen molar-refractivity contribution in [1.82, 2.24) is 0 Å². The molecule has 0 bridgehead atoms. The number of ether oxygens (including phenoxy) is 3. The SMILES string of the molecule is CCOC(CCSCCC(N)C(=O)OC)OCC. The van der Waals surface area contributed by atoms with Crippen LogP contribution >= 0.6 is 11.8 Å². The second-order valence-corrected chi connectivity index (χ2v) is 4.88. The van der Waals surface area contributed by atoms with Crippen molar-refractivity contribution in [2.24, 2.45) is 5.73 Å². The maximum absolute atomic E-state index is 11.1. The van der Waals surface area contributed by atoms with E-state index in [9.17, 15) is 4.79 Å². The molecule has 108 valence electrons. The summed E-state index contributed by atoms with van der Waals surface area (Å²) in [4.78, 5) is 11.1. The summed E-state index contributed by atoms with van der Waals surface area (Å²) in [5.41, 5.74) is 5.63. The van der Waals surface area contributed by atoms with E-state index in [1.165, 1.54) is 7.11 Å². The molecular weight excluding hydrogens is 254 g/mol. The average molecular weight is 279 g/mol. The average Bonchev–Trinajstić information content (AvgIpc) is 2.37. The maximum Gasteiger partial charge on any atom is 0.322 e. The first-order valence-corrected chi connectivity index (χ1v) is 7.45. The molecule has 0 aromatic rings. The lowest BCUT2D eigenvalue weighted by Crippen LogP contribution is -2.32. The van der Waals surface area contributed by atoms with Gasteiger partial charge in [0.05, 0.1) is 7.11 Å². The van der Waals surface area contributed by atoms with Crippen molar-refractivity contribution in [2.45, 2.75) is 39.0 Å². The highest BCUT2D eigenvalue weighted by Gasteiger charge is 2.13. The third-order valence-corrected chi connectivity index (χ3v) is 3.33. The van der Waals surface area contributed by atoms with E-state index in [-0.39, 0.29) is 12.3 Å². The highest BCUT2D eigenvalue weighted by Crippen LogP contribution is 2.11. The first-order valence-electron chi connectivity index (χ1n) is 6.30. The summed E-state index contributed by atoms with van der Waals surface area (Å²) < 4.78 is 15.4. The number of carbonyl (C=O) groups is 1. The molecule has 0 amide bonds. The van der Waals surface area contributed by atoms with Crippen LogP contribution in [0.4, 0.5) is 0 Å². The Morgan fingerprint density at radius 1 is 1.17 bits per heavy atom. The summed E-state index contributed by atoms with van der Waals surface area (Å²) in [7, 11) is 1.35. The Morgan fingerprint density at radius 2 is 1.72 bits per heavy atom. The zero-order valence-corrected chi connectivity index (χ0v) is 12.3. The van der Waals surface area contributed by atoms with E-state index < -0.39 is 6.04 Å². The van der Waals surface area contributed by atoms with Crippen LogP contribution in [0.5, 0.6) is 0 Å². The van der Waals surface area contributed by atoms with Crippen LogP contribution in [0.1, 0.15) is 26.7 Å². The minimum atomic E-state index is -0.517. The predicted molar refractivity (Wildman–Crippen MR) is 73.6 cm³/mol. The fraction of sp³-hybridized carbons (Fsp3) is 0.917. The van der Waals surface area contributed by atoms with Crippen molar-refractivity contribution < 1.29 is 19.0 Å². The van der Waals surface area contributed by atoms with Crippen molar-refractivity contribution in [1.29, 1.82) is 0 Å². The molecule has 6 heteroatoms. The molecule has 0 fully saturated rings. The normalized spacial score (nSPS) is 12.7. The topological polar surface area (TPSA) is 70.8 Å². The Labute approximate surface area is 114 Å². The van der Waals surface area contributed by atoms with Gasteiger partial charge in [-0.05, 0) is 31.8 Å². The molecule has 0 heterocycles. The fourth-order valence-corrected chi connectivity index (χ4v) is 2.33. The largest absolute Gasteiger partial charge is 0.468 e. The first kappa shape index (κ1) is 17.7. The highest BCUT2D eigenvalue weighted by atomic mass is 32.2. The van der Waals surface area contributed by atoms with Gasteiger partial charge in [-0.3, -0.25) is 4.79 Å². The van der Waals surface area contributed by atoms with E-state index in [1.807, 2.05) is 13.8 Å². The molecule has 18 heavy (non-hydrogen) atoms. The lowest BCUT2D eigenvalue weighted by atomic mass is 10.2. The minimum Gasteiger partial charge on any atom is -0.468 e. The van der Waals surface area contributed by atoms with Gasteiger partial charge < -0.3 is 19.9 Å². The predicted octanol–water partition coefficient (Wildman–Crippen LogP) is 1.40. The summed E-state index contributed by atoms with van der Waals surface area (Å²) >= 11 is 1.74. The smallest absolute Gasteiger partial charge is 0.322 e. The number of thioether (sulfide) groups is 1. The van der Waals surface area contributed by atoms with Gasteiger partial charge in [-0.15, -0.1) is 0 Å². The quantitative estimate of drug-likeness (QED) is 0.350. The second kappa shape index (κ2) is 11.8. The molecule has 0 aliphatic rings. The lowest BCUT2D eigenvalue weighted by molar-refractivity contribution is -0.142. The molecule has 0 saturated carbocycles. The summed E-state index contributed by atoms with van der Waals surface area (Å²) in [6, 6.07) is -0.517. The van der Waals surface area contributed by atoms with Crippen molar-refractivity contribution >= 4 is 17.7 Å². The third-order valence-electron chi connectivity index (χ3n) is 2.28. The fourth-order valence-electron chi connectivity index (χ4n) is 1.35. The van der Waals surface area contributed by atoms with Gasteiger partial charge in [0.1, 0.15) is 6.04 Å². The number of esters is 1. The third kappa shape index (κ3) is 8.74. The molecule has 0 rings (SSSR count). The van der Waals surface area contributed by atoms with Crippen molar-refractivity contribution in [3.05, 3.63) is 0 Å². The molecule has 0 radical (unpaired) electrons. The molecule has 0 aromatic carbocycles. The molecular formula is C12H25NO4S. The number of hydrogen-bond donors (Lipinski definition) is 1. The Hall–Kier alpha value is -0.300. The molecule has 1 atom stereocenters. The Kier molecular flexibility index (Phi) is 11.6. The number of nitrogens with two attached hydrogens (primary N) is 1. The van der Waals surface area contributed by atoms with Crippen LogP contribution in [0.15, 0.2) is 0 Å². The monoisotopic (exact) mass is 279 g/mol. The van der Waals surface area contributed by atoms with Crippen LogP contribution in [-0.4, -0.2) is 50.1 Å². The van der Waals surface area contributed by atoms with E-state index in [0.29, 0.717) is 19.6 Å². The minimum absolute atomic E-state index is 0.123. The van der Waals surface area contributed by atoms with Gasteiger partial charge in [-0.25, -0.2) is 0 Å². The van der Waals surface area contributed by atoms with Crippen molar-refractivity contribution in [3.63, 3.8) is 0 Å². The Balaban J connectivity index is 3.56. The number of methoxy groups -OCH3 is 1. The van der Waals surface area contributed by atoms with Gasteiger partial charge in [0.25, 0.3) is 0 Å². The van der Waals surface area contributed by atoms with Crippen LogP contribution in [0.2, 0.25) is 0 Å². The molecule has 0 aromatic heterocycles. The number of rotatable bonds is 11. The van der Waals surface area contributed by atoms with Gasteiger partial charge in [0.15, 0.2) is 6.29 Å². The van der Waals surface area contributed by atoms with Crippen LogP contribution in [0.3, 0.4) is 0 Å². The van der Waals surface area contributed by atoms with E-state index >= 15 is 0 Å². The molecule has 0 aliphatic carbocycles. The molecule has 0 saturated heterocycles. The summed E-state index contributed by atoms with van der Waals surface area (Å²) in [5, 5.41) is 0. The van der Waals surface area contributed by atoms with Crippen LogP contribution < -0.4 is 5.73 Å². The van der Waals surface area contributed by atoms with Gasteiger partial charge in [0.2, 0.25) is 0 Å². The maximum atomic E-state index is 11.1. The van der Waals surface area contributed by atoms with Gasteiger partial charge in [-0.1, -0.05) is 0 Å². The van der Waals surface area contributed by atoms with Gasteiger partial charge in [0, 0.05) is 19.6 Å². The van der Waals surface area contributed by atoms with Crippen molar-refractivity contribution in [2.75, 3.05) is 31.8 Å². The standard InChI is InChI=1S/C12H25NO4S/c1-4-16-11(17-5-2)7-9-18-8-6-10(13)12(14)15-3/h10-11H,4-9,13H2,1-3H3. The summed E-state index contributed by atoms with van der Waals surface area (Å²) in [6.07, 6.45) is 1.35. The Morgan fingerprint density at radius 3 is 2.22 bits per heavy atom. The zero-order chi connectivity index (χ0) is 13.8. The molecule has 0 spiro atoms. The number of hydrogen-bond acceptors (Lipinski definition) is 6. The van der Waals surface area contributed by atoms with Crippen molar-refractivity contribution in [3.8, 4) is 0 Å². The zero-order valence-electron chi connectivity index (χ0n) is 11.5. The second-order valence-electron chi connectivity index (χ2n) is 3.66. The van der Waals surface area contributed by atoms with Gasteiger partial charge in [-0.2, -0.15) is 11.8 Å². The first-order chi connectivity index (χ1) is 8.65. The van der Waals surface area contributed by atoms with E-state index in [2.05, 4.69) is 4.74 Å². The van der Waals surface area contributed by atoms with E-state index in [4.69, 9.17) is 15.2 Å². The van der Waals surface area contributed by atoms with Gasteiger partial charge >= 0.3 is 5.97 Å². The molecule has 5 nitrogen and oxygen atoms in total. The molecule has 1 unspecified atom stereocenters. The lowest BCUT2D eigenvalue weighted by Gasteiger charge is -2.16. The summed E-state index contributed by atoms with van der Waals surface area (Å²) in [5.74, 6) is 1.41. The Bertz CT molecular complexity index is 210. The molecule has 0 aliphatic heterocycles. The molecule has 2 N–H and O–H groups in total. The number of carbonyl (C=O) groups excluding carboxylic acids is 1. The highest BCUT2D eigenvalue weighted by molar-refractivity contribution is 7.99. The van der Waals surface area contributed by atoms with E-state index in [1.54, 1.807) is 11.8 Å². The van der Waals surface area contributed by atoms with Crippen LogP contribution in [0, 0.1) is 0 Å². The van der Waals surface area contributed by atoms with Crippen LogP contribution in [-0.2, 0) is 19.0 Å². The van der Waals surface area contributed by atoms with Crippen LogP contribution in [0.25, 0.3) is 0 Å². The van der Waals surface area contributed by atoms with E-state index in [0.717, 1.165) is 17.9 Å². The summed E-state index contributed by atoms with van der Waals surface area (Å²) in [6.45, 7) is 5.22.